The van der Waals surface area contributed by atoms with E-state index in [1.807, 2.05) is 18.2 Å². The first kappa shape index (κ1) is 18.3. The number of rotatable bonds is 1. The molecule has 4 aromatic carbocycles. The summed E-state index contributed by atoms with van der Waals surface area (Å²) < 4.78 is 0. The van der Waals surface area contributed by atoms with Crippen molar-refractivity contribution in [1.29, 1.82) is 5.26 Å². The van der Waals surface area contributed by atoms with Gasteiger partial charge in [0, 0.05) is 12.5 Å². The number of aliphatic imine (C=N–C) groups is 1. The molecule has 4 nitrogen and oxygen atoms in total. The molecule has 4 heteroatoms. The summed E-state index contributed by atoms with van der Waals surface area (Å²) in [7, 11) is 2.13. The second kappa shape index (κ2) is 5.51. The molecule has 0 bridgehead atoms. The molecular weight excluding hydrogens is 416 g/mol. The van der Waals surface area contributed by atoms with Crippen molar-refractivity contribution >= 4 is 16.7 Å². The summed E-state index contributed by atoms with van der Waals surface area (Å²) >= 11 is 0. The number of nitrogens with two attached hydrogens (primary N) is 1. The number of fused-ring (bicyclic) bond motifs is 1. The van der Waals surface area contributed by atoms with Gasteiger partial charge in [-0.25, -0.2) is 4.99 Å². The SMILES string of the molecule is CN1C(N)=NC23c4cc(-c5cccc(C#N)c5)ccc4CC24Cc2cccc5cccc(c25)C143. The van der Waals surface area contributed by atoms with Crippen LogP contribution < -0.4 is 5.73 Å². The second-order valence-corrected chi connectivity index (χ2v) is 10.3. The first-order chi connectivity index (χ1) is 16.6. The fourth-order valence-corrected chi connectivity index (χ4v) is 8.08. The quantitative estimate of drug-likeness (QED) is 0.462. The predicted molar refractivity (Wildman–Crippen MR) is 133 cm³/mol. The Morgan fingerprint density at radius 3 is 2.50 bits per heavy atom. The van der Waals surface area contributed by atoms with E-state index in [9.17, 15) is 5.26 Å². The average molecular weight is 439 g/mol. The van der Waals surface area contributed by atoms with Crippen molar-refractivity contribution in [3.63, 3.8) is 0 Å². The van der Waals surface area contributed by atoms with Crippen LogP contribution in [0.2, 0.25) is 0 Å². The van der Waals surface area contributed by atoms with Gasteiger partial charge in [-0.3, -0.25) is 0 Å². The monoisotopic (exact) mass is 438 g/mol. The van der Waals surface area contributed by atoms with Crippen LogP contribution in [0.3, 0.4) is 0 Å². The van der Waals surface area contributed by atoms with Crippen LogP contribution in [0.5, 0.6) is 0 Å². The number of guanidine groups is 1. The number of hydrogen-bond acceptors (Lipinski definition) is 4. The topological polar surface area (TPSA) is 65.4 Å². The van der Waals surface area contributed by atoms with E-state index in [-0.39, 0.29) is 16.5 Å². The lowest BCUT2D eigenvalue weighted by Gasteiger charge is -2.38. The normalized spacial score (nSPS) is 29.1. The van der Waals surface area contributed by atoms with E-state index >= 15 is 0 Å². The molecule has 4 aliphatic rings. The van der Waals surface area contributed by atoms with E-state index in [1.54, 1.807) is 0 Å². The number of likely N-dealkylation sites (N-methyl/N-ethyl adjacent to an activating group) is 1. The predicted octanol–water partition coefficient (Wildman–Crippen LogP) is 4.84. The molecule has 8 rings (SSSR count). The van der Waals surface area contributed by atoms with Gasteiger partial charge in [0.25, 0.3) is 0 Å². The molecule has 2 N–H and O–H groups in total. The maximum Gasteiger partial charge on any atom is 0.192 e. The summed E-state index contributed by atoms with van der Waals surface area (Å²) in [6.07, 6.45) is 1.99. The lowest BCUT2D eigenvalue weighted by atomic mass is 9.75. The molecule has 1 heterocycles. The molecule has 34 heavy (non-hydrogen) atoms. The molecule has 0 radical (unpaired) electrons. The zero-order valence-corrected chi connectivity index (χ0v) is 18.8. The van der Waals surface area contributed by atoms with Gasteiger partial charge < -0.3 is 10.6 Å². The van der Waals surface area contributed by atoms with Crippen molar-refractivity contribution in [2.75, 3.05) is 7.05 Å². The first-order valence-electron chi connectivity index (χ1n) is 11.8. The van der Waals surface area contributed by atoms with E-state index in [2.05, 4.69) is 78.7 Å². The van der Waals surface area contributed by atoms with Gasteiger partial charge in [-0.15, -0.1) is 0 Å². The van der Waals surface area contributed by atoms with Crippen LogP contribution in [0.1, 0.15) is 27.8 Å². The van der Waals surface area contributed by atoms with Crippen LogP contribution in [0, 0.1) is 16.7 Å². The van der Waals surface area contributed by atoms with Gasteiger partial charge in [-0.2, -0.15) is 5.26 Å². The molecule has 3 spiro atoms. The molecule has 1 fully saturated rings. The lowest BCUT2D eigenvalue weighted by Crippen LogP contribution is -2.46. The van der Waals surface area contributed by atoms with E-state index in [0.717, 1.165) is 24.0 Å². The molecule has 0 saturated heterocycles. The largest absolute Gasteiger partial charge is 0.370 e. The Kier molecular flexibility index (Phi) is 2.97. The first-order valence-corrected chi connectivity index (χ1v) is 11.8. The van der Waals surface area contributed by atoms with Gasteiger partial charge in [0.15, 0.2) is 5.96 Å². The van der Waals surface area contributed by atoms with Crippen LogP contribution in [0.25, 0.3) is 21.9 Å². The van der Waals surface area contributed by atoms with Crippen LogP contribution in [-0.4, -0.2) is 17.9 Å². The minimum absolute atomic E-state index is 0.0320. The van der Waals surface area contributed by atoms with Crippen molar-refractivity contribution in [3.05, 3.63) is 107 Å². The van der Waals surface area contributed by atoms with E-state index in [1.165, 1.54) is 33.0 Å². The van der Waals surface area contributed by atoms with Crippen molar-refractivity contribution in [2.24, 2.45) is 16.1 Å². The number of hydrogen-bond donors (Lipinski definition) is 1. The fraction of sp³-hybridized carbons (Fsp3) is 0.200. The maximum atomic E-state index is 9.40. The summed E-state index contributed by atoms with van der Waals surface area (Å²) in [6, 6.07) is 30.3. The highest BCUT2D eigenvalue weighted by Gasteiger charge is 2.95. The zero-order chi connectivity index (χ0) is 22.9. The Morgan fingerprint density at radius 1 is 0.882 bits per heavy atom. The molecule has 0 amide bonds. The highest BCUT2D eigenvalue weighted by atomic mass is 15.5. The van der Waals surface area contributed by atoms with Gasteiger partial charge in [0.1, 0.15) is 11.1 Å². The highest BCUT2D eigenvalue weighted by molar-refractivity contribution is 5.98. The van der Waals surface area contributed by atoms with Gasteiger partial charge >= 0.3 is 0 Å². The van der Waals surface area contributed by atoms with E-state index < -0.39 is 0 Å². The van der Waals surface area contributed by atoms with Gasteiger partial charge in [0.2, 0.25) is 0 Å². The van der Waals surface area contributed by atoms with Gasteiger partial charge in [-0.05, 0) is 75.2 Å². The standard InChI is InChI=1S/C30H22N4/c1-34-27(32)33-29-25-14-21(20-8-2-5-18(13-20)17-31)11-12-22(25)15-28(29)16-23-9-3-6-19-7-4-10-24(26(19)23)30(28,29)34/h2-14H,15-16H2,1H3,(H2,32,33). The zero-order valence-electron chi connectivity index (χ0n) is 18.8. The Labute approximate surface area is 198 Å². The third-order valence-corrected chi connectivity index (χ3v) is 9.17. The van der Waals surface area contributed by atoms with Crippen molar-refractivity contribution in [2.45, 2.75) is 23.9 Å². The molecule has 1 aliphatic heterocycles. The van der Waals surface area contributed by atoms with Crippen molar-refractivity contribution < 1.29 is 0 Å². The van der Waals surface area contributed by atoms with Gasteiger partial charge in [0.05, 0.1) is 11.6 Å². The molecule has 0 aromatic heterocycles. The average Bonchev–Trinajstić information content (AvgIpc) is 3.10. The molecule has 3 unspecified atom stereocenters. The minimum Gasteiger partial charge on any atom is -0.370 e. The van der Waals surface area contributed by atoms with E-state index in [0.29, 0.717) is 11.5 Å². The number of nitrogens with zero attached hydrogens (tertiary/aromatic N) is 3. The Hall–Kier alpha value is -4.10. The van der Waals surface area contributed by atoms with Gasteiger partial charge in [-0.1, -0.05) is 60.7 Å². The molecule has 162 valence electrons. The van der Waals surface area contributed by atoms with Crippen LogP contribution in [0.15, 0.2) is 83.9 Å². The molecule has 3 aliphatic carbocycles. The van der Waals surface area contributed by atoms with E-state index in [4.69, 9.17) is 10.7 Å². The van der Waals surface area contributed by atoms with Crippen LogP contribution >= 0.6 is 0 Å². The molecular formula is C30H22N4. The number of benzene rings is 4. The Morgan fingerprint density at radius 2 is 1.65 bits per heavy atom. The minimum atomic E-state index is -0.385. The Balaban J connectivity index is 1.42. The van der Waals surface area contributed by atoms with Crippen LogP contribution in [0.4, 0.5) is 0 Å². The van der Waals surface area contributed by atoms with Crippen molar-refractivity contribution in [3.8, 4) is 17.2 Å². The highest BCUT2D eigenvalue weighted by Crippen LogP contribution is 2.88. The molecule has 3 atom stereocenters. The lowest BCUT2D eigenvalue weighted by molar-refractivity contribution is 0.250. The third-order valence-electron chi connectivity index (χ3n) is 9.17. The van der Waals surface area contributed by atoms with Crippen LogP contribution in [-0.2, 0) is 23.9 Å². The van der Waals surface area contributed by atoms with Crippen molar-refractivity contribution in [1.82, 2.24) is 4.90 Å². The second-order valence-electron chi connectivity index (χ2n) is 10.3. The molecule has 1 saturated carbocycles. The number of nitriles is 1. The summed E-state index contributed by atoms with van der Waals surface area (Å²) in [6.45, 7) is 0. The summed E-state index contributed by atoms with van der Waals surface area (Å²) in [5.74, 6) is 0.622. The molecule has 4 aromatic rings. The summed E-state index contributed by atoms with van der Waals surface area (Å²) in [5, 5.41) is 12.1. The fourth-order valence-electron chi connectivity index (χ4n) is 8.08. The summed E-state index contributed by atoms with van der Waals surface area (Å²) in [5.41, 5.74) is 14.2. The summed E-state index contributed by atoms with van der Waals surface area (Å²) in [4.78, 5) is 7.58. The third kappa shape index (κ3) is 1.64. The smallest absolute Gasteiger partial charge is 0.192 e. The maximum absolute atomic E-state index is 9.40. The Bertz CT molecular complexity index is 1670.